The van der Waals surface area contributed by atoms with E-state index in [9.17, 15) is 19.2 Å². The van der Waals surface area contributed by atoms with Crippen LogP contribution in [-0.2, 0) is 19.2 Å². The minimum Gasteiger partial charge on any atom is -0.481 e. The van der Waals surface area contributed by atoms with Crippen LogP contribution in [0.5, 0.6) is 0 Å². The van der Waals surface area contributed by atoms with Crippen molar-refractivity contribution < 1.29 is 39.6 Å². The van der Waals surface area contributed by atoms with Crippen LogP contribution in [0.4, 0.5) is 0 Å². The molecule has 1 aliphatic carbocycles. The van der Waals surface area contributed by atoms with Gasteiger partial charge in [-0.2, -0.15) is 0 Å². The lowest BCUT2D eigenvalue weighted by molar-refractivity contribution is -0.156. The fourth-order valence-corrected chi connectivity index (χ4v) is 5.20. The maximum Gasteiger partial charge on any atom is 0.317 e. The molecule has 0 amide bonds. The van der Waals surface area contributed by atoms with Crippen LogP contribution in [0, 0.1) is 35.5 Å². The molecule has 0 heterocycles. The van der Waals surface area contributed by atoms with Crippen LogP contribution in [0.1, 0.15) is 90.9 Å². The molecule has 0 aliphatic heterocycles. The van der Waals surface area contributed by atoms with Crippen molar-refractivity contribution in [3.63, 3.8) is 0 Å². The number of carboxylic acids is 4. The van der Waals surface area contributed by atoms with E-state index in [1.54, 1.807) is 0 Å². The average Bonchev–Trinajstić information content (AvgIpc) is 2.70. The smallest absolute Gasteiger partial charge is 0.317 e. The first kappa shape index (κ1) is 27.9. The van der Waals surface area contributed by atoms with Crippen molar-refractivity contribution in [2.45, 2.75) is 90.9 Å². The molecule has 4 unspecified atom stereocenters. The molecular weight excluding hydrogens is 416 g/mol. The van der Waals surface area contributed by atoms with E-state index >= 15 is 0 Å². The molecule has 0 saturated heterocycles. The molecule has 4 atom stereocenters. The first-order valence-corrected chi connectivity index (χ1v) is 12.0. The van der Waals surface area contributed by atoms with Gasteiger partial charge in [0.25, 0.3) is 0 Å². The predicted molar refractivity (Wildman–Crippen MR) is 118 cm³/mol. The van der Waals surface area contributed by atoms with Crippen molar-refractivity contribution in [2.24, 2.45) is 35.5 Å². The van der Waals surface area contributed by atoms with Gasteiger partial charge in [0.2, 0.25) is 0 Å². The Morgan fingerprint density at radius 1 is 0.656 bits per heavy atom. The van der Waals surface area contributed by atoms with Gasteiger partial charge in [0.05, 0.1) is 0 Å². The third-order valence-corrected chi connectivity index (χ3v) is 7.46. The molecule has 1 aliphatic rings. The summed E-state index contributed by atoms with van der Waals surface area (Å²) in [6.45, 7) is 4.59. The molecule has 4 N–H and O–H groups in total. The number of rotatable bonds is 16. The molecule has 184 valence electrons. The maximum absolute atomic E-state index is 11.0. The van der Waals surface area contributed by atoms with Gasteiger partial charge in [0, 0.05) is 0 Å². The van der Waals surface area contributed by atoms with Gasteiger partial charge < -0.3 is 20.4 Å². The summed E-state index contributed by atoms with van der Waals surface area (Å²) in [7, 11) is 0. The van der Waals surface area contributed by atoms with E-state index in [2.05, 4.69) is 13.8 Å². The van der Waals surface area contributed by atoms with E-state index in [0.717, 1.165) is 38.5 Å². The topological polar surface area (TPSA) is 149 Å². The van der Waals surface area contributed by atoms with E-state index in [0.29, 0.717) is 36.5 Å². The zero-order valence-electron chi connectivity index (χ0n) is 19.4. The van der Waals surface area contributed by atoms with E-state index in [-0.39, 0.29) is 12.8 Å². The largest absolute Gasteiger partial charge is 0.481 e. The van der Waals surface area contributed by atoms with Gasteiger partial charge in [-0.3, -0.25) is 19.2 Å². The molecule has 1 rings (SSSR count). The van der Waals surface area contributed by atoms with Gasteiger partial charge >= 0.3 is 23.9 Å². The van der Waals surface area contributed by atoms with Gasteiger partial charge in [-0.15, -0.1) is 0 Å². The lowest BCUT2D eigenvalue weighted by Gasteiger charge is -2.41. The van der Waals surface area contributed by atoms with E-state index in [1.165, 1.54) is 12.8 Å². The Bertz CT molecular complexity index is 603. The number of carbonyl (C=O) groups is 4. The Balaban J connectivity index is 2.42. The summed E-state index contributed by atoms with van der Waals surface area (Å²) in [6, 6.07) is 0. The number of hydrogen-bond acceptors (Lipinski definition) is 4. The van der Waals surface area contributed by atoms with Crippen LogP contribution in [0.25, 0.3) is 0 Å². The predicted octanol–water partition coefficient (Wildman–Crippen LogP) is 4.76. The van der Waals surface area contributed by atoms with E-state index < -0.39 is 35.7 Å². The van der Waals surface area contributed by atoms with Crippen LogP contribution >= 0.6 is 0 Å². The second kappa shape index (κ2) is 14.1. The maximum atomic E-state index is 11.0. The van der Waals surface area contributed by atoms with E-state index in [1.807, 2.05) is 0 Å². The Morgan fingerprint density at radius 2 is 1.09 bits per heavy atom. The fraction of sp³-hybridized carbons (Fsp3) is 0.833. The standard InChI is InChI=1S/C24H40O8/c1-15-13-14-17(9-5-3-7-11-19(21(25)26)22(27)28)18(16(15)2)10-6-4-8-12-20(23(29)30)24(31)32/h15-20H,3-14H2,1-2H3,(H,25,26)(H,27,28)(H,29,30)(H,31,32). The van der Waals surface area contributed by atoms with Crippen molar-refractivity contribution in [1.82, 2.24) is 0 Å². The summed E-state index contributed by atoms with van der Waals surface area (Å²) in [6.07, 6.45) is 9.59. The highest BCUT2D eigenvalue weighted by Gasteiger charge is 2.34. The highest BCUT2D eigenvalue weighted by atomic mass is 16.4. The van der Waals surface area contributed by atoms with Crippen molar-refractivity contribution in [2.75, 3.05) is 0 Å². The number of carboxylic acid groups (broad SMARTS) is 4. The molecule has 32 heavy (non-hydrogen) atoms. The monoisotopic (exact) mass is 456 g/mol. The van der Waals surface area contributed by atoms with E-state index in [4.69, 9.17) is 20.4 Å². The minimum absolute atomic E-state index is 0.165. The van der Waals surface area contributed by atoms with Crippen LogP contribution in [0.3, 0.4) is 0 Å². The summed E-state index contributed by atoms with van der Waals surface area (Å²) >= 11 is 0. The number of aliphatic carboxylic acids is 4. The molecule has 0 aromatic rings. The Labute approximate surface area is 190 Å². The summed E-state index contributed by atoms with van der Waals surface area (Å²) in [5, 5.41) is 35.9. The quantitative estimate of drug-likeness (QED) is 0.192. The first-order valence-electron chi connectivity index (χ1n) is 12.0. The molecule has 8 heteroatoms. The van der Waals surface area contributed by atoms with Crippen molar-refractivity contribution >= 4 is 23.9 Å². The normalized spacial score (nSPS) is 23.4. The second-order valence-electron chi connectivity index (χ2n) is 9.57. The lowest BCUT2D eigenvalue weighted by Crippen LogP contribution is -2.32. The van der Waals surface area contributed by atoms with Gasteiger partial charge in [-0.1, -0.05) is 65.2 Å². The SMILES string of the molecule is CC1CCC(CCCCCC(C(=O)O)C(=O)O)C(CCCCCC(C(=O)O)C(=O)O)C1C. The molecule has 1 saturated carbocycles. The third kappa shape index (κ3) is 9.17. The molecule has 1 fully saturated rings. The van der Waals surface area contributed by atoms with Crippen LogP contribution in [0.15, 0.2) is 0 Å². The van der Waals surface area contributed by atoms with Gasteiger partial charge in [0.15, 0.2) is 11.8 Å². The summed E-state index contributed by atoms with van der Waals surface area (Å²) in [5.41, 5.74) is 0. The Hall–Kier alpha value is -2.12. The lowest BCUT2D eigenvalue weighted by atomic mass is 9.65. The molecule has 0 radical (unpaired) electrons. The molecule has 0 spiro atoms. The van der Waals surface area contributed by atoms with Gasteiger partial charge in [-0.05, 0) is 49.4 Å². The van der Waals surface area contributed by atoms with Gasteiger partial charge in [0.1, 0.15) is 0 Å². The summed E-state index contributed by atoms with van der Waals surface area (Å²) in [4.78, 5) is 43.9. The van der Waals surface area contributed by atoms with Crippen molar-refractivity contribution in [1.29, 1.82) is 0 Å². The first-order chi connectivity index (χ1) is 15.1. The van der Waals surface area contributed by atoms with Crippen molar-refractivity contribution in [3.8, 4) is 0 Å². The zero-order valence-corrected chi connectivity index (χ0v) is 19.4. The summed E-state index contributed by atoms with van der Waals surface area (Å²) < 4.78 is 0. The number of unbranched alkanes of at least 4 members (excludes halogenated alkanes) is 4. The summed E-state index contributed by atoms with van der Waals surface area (Å²) in [5.74, 6) is -5.29. The van der Waals surface area contributed by atoms with Crippen LogP contribution in [0.2, 0.25) is 0 Å². The zero-order chi connectivity index (χ0) is 24.3. The minimum atomic E-state index is -1.32. The highest BCUT2D eigenvalue weighted by molar-refractivity contribution is 5.93. The molecule has 0 bridgehead atoms. The highest BCUT2D eigenvalue weighted by Crippen LogP contribution is 2.43. The van der Waals surface area contributed by atoms with Crippen molar-refractivity contribution in [3.05, 3.63) is 0 Å². The second-order valence-corrected chi connectivity index (χ2v) is 9.57. The molecule has 8 nitrogen and oxygen atoms in total. The van der Waals surface area contributed by atoms with Crippen LogP contribution in [-0.4, -0.2) is 44.3 Å². The molecular formula is C24H40O8. The Morgan fingerprint density at radius 3 is 1.53 bits per heavy atom. The fourth-order valence-electron chi connectivity index (χ4n) is 5.20. The molecule has 0 aromatic carbocycles. The van der Waals surface area contributed by atoms with Crippen LogP contribution < -0.4 is 0 Å². The van der Waals surface area contributed by atoms with Gasteiger partial charge in [-0.25, -0.2) is 0 Å². The number of hydrogen-bond donors (Lipinski definition) is 4. The average molecular weight is 457 g/mol. The Kier molecular flexibility index (Phi) is 12.3. The molecule has 0 aromatic heterocycles. The third-order valence-electron chi connectivity index (χ3n) is 7.46.